The fourth-order valence-corrected chi connectivity index (χ4v) is 2.18. The Labute approximate surface area is 103 Å². The van der Waals surface area contributed by atoms with Gasteiger partial charge >= 0.3 is 0 Å². The Morgan fingerprint density at radius 3 is 2.76 bits per heavy atom. The molecule has 1 aromatic rings. The van der Waals surface area contributed by atoms with E-state index in [9.17, 15) is 0 Å². The minimum atomic E-state index is 0.230. The number of hydrogen-bond donors (Lipinski definition) is 1. The maximum atomic E-state index is 9.15. The van der Waals surface area contributed by atoms with Crippen LogP contribution in [0.3, 0.4) is 0 Å². The van der Waals surface area contributed by atoms with Gasteiger partial charge in [0.25, 0.3) is 0 Å². The number of nitrogens with zero attached hydrogens (tertiary/aromatic N) is 3. The Morgan fingerprint density at radius 2 is 2.12 bits per heavy atom. The maximum Gasteiger partial charge on any atom is 0.133 e. The van der Waals surface area contributed by atoms with E-state index in [0.717, 1.165) is 25.3 Å². The molecule has 1 aromatic heterocycles. The molecule has 1 aliphatic heterocycles. The van der Waals surface area contributed by atoms with Crippen LogP contribution in [0, 0.1) is 0 Å². The van der Waals surface area contributed by atoms with Crippen molar-refractivity contribution in [1.29, 1.82) is 0 Å². The van der Waals surface area contributed by atoms with E-state index in [2.05, 4.69) is 21.8 Å². The van der Waals surface area contributed by atoms with Crippen LogP contribution in [-0.2, 0) is 6.54 Å². The van der Waals surface area contributed by atoms with Gasteiger partial charge in [0.05, 0.1) is 11.9 Å². The summed E-state index contributed by atoms with van der Waals surface area (Å²) in [5, 5.41) is 9.15. The lowest BCUT2D eigenvalue weighted by Crippen LogP contribution is -2.31. The zero-order valence-corrected chi connectivity index (χ0v) is 10.5. The highest BCUT2D eigenvalue weighted by Gasteiger charge is 2.11. The summed E-state index contributed by atoms with van der Waals surface area (Å²) in [6.07, 6.45) is 4.20. The van der Waals surface area contributed by atoms with Gasteiger partial charge in [-0.15, -0.1) is 0 Å². The minimum absolute atomic E-state index is 0.230. The van der Waals surface area contributed by atoms with E-state index in [-0.39, 0.29) is 5.75 Å². The number of rotatable bonds is 5. The molecule has 0 aromatic carbocycles. The minimum Gasteiger partial charge on any atom is -0.506 e. The van der Waals surface area contributed by atoms with Crippen LogP contribution in [0.4, 0.5) is 0 Å². The van der Waals surface area contributed by atoms with Gasteiger partial charge < -0.3 is 10.0 Å². The van der Waals surface area contributed by atoms with Gasteiger partial charge in [-0.2, -0.15) is 0 Å². The van der Waals surface area contributed by atoms with Crippen LogP contribution in [0.1, 0.15) is 18.5 Å². The molecule has 0 bridgehead atoms. The van der Waals surface area contributed by atoms with Crippen LogP contribution in [0.15, 0.2) is 18.3 Å². The summed E-state index contributed by atoms with van der Waals surface area (Å²) >= 11 is 0. The molecule has 4 heteroatoms. The van der Waals surface area contributed by atoms with Gasteiger partial charge in [0.1, 0.15) is 5.75 Å². The van der Waals surface area contributed by atoms with Crippen LogP contribution in [0.2, 0.25) is 0 Å². The van der Waals surface area contributed by atoms with E-state index in [1.807, 2.05) is 6.07 Å². The standard InChI is InChI=1S/C13H21N3O/c1-15(8-9-16-6-2-3-7-16)11-12-4-5-13(17)10-14-12/h4-5,10,17H,2-3,6-9,11H2,1H3. The molecule has 1 fully saturated rings. The molecule has 17 heavy (non-hydrogen) atoms. The average Bonchev–Trinajstić information content (AvgIpc) is 2.83. The van der Waals surface area contributed by atoms with Gasteiger partial charge in [0, 0.05) is 19.6 Å². The predicted octanol–water partition coefficient (Wildman–Crippen LogP) is 1.31. The summed E-state index contributed by atoms with van der Waals surface area (Å²) in [6.45, 7) is 5.57. The van der Waals surface area contributed by atoms with Gasteiger partial charge in [-0.3, -0.25) is 9.88 Å². The molecule has 0 radical (unpaired) electrons. The molecule has 0 atom stereocenters. The number of likely N-dealkylation sites (tertiary alicyclic amines) is 1. The fraction of sp³-hybridized carbons (Fsp3) is 0.615. The number of likely N-dealkylation sites (N-methyl/N-ethyl adjacent to an activating group) is 1. The zero-order chi connectivity index (χ0) is 12.1. The quantitative estimate of drug-likeness (QED) is 0.835. The van der Waals surface area contributed by atoms with Crippen LogP contribution in [0.25, 0.3) is 0 Å². The number of aromatic hydroxyl groups is 1. The first kappa shape index (κ1) is 12.3. The van der Waals surface area contributed by atoms with Crippen molar-refractivity contribution in [2.24, 2.45) is 0 Å². The molecular formula is C13H21N3O. The van der Waals surface area contributed by atoms with Gasteiger partial charge in [0.2, 0.25) is 0 Å². The molecule has 94 valence electrons. The fourth-order valence-electron chi connectivity index (χ4n) is 2.18. The molecule has 0 spiro atoms. The first-order valence-electron chi connectivity index (χ1n) is 6.29. The number of aromatic nitrogens is 1. The van der Waals surface area contributed by atoms with Gasteiger partial charge in [-0.1, -0.05) is 0 Å². The van der Waals surface area contributed by atoms with Crippen molar-refractivity contribution in [2.45, 2.75) is 19.4 Å². The number of hydrogen-bond acceptors (Lipinski definition) is 4. The topological polar surface area (TPSA) is 39.6 Å². The lowest BCUT2D eigenvalue weighted by Gasteiger charge is -2.20. The van der Waals surface area contributed by atoms with Gasteiger partial charge in [-0.05, 0) is 45.1 Å². The third kappa shape index (κ3) is 3.98. The lowest BCUT2D eigenvalue weighted by atomic mass is 10.3. The van der Waals surface area contributed by atoms with Crippen LogP contribution in [-0.4, -0.2) is 53.1 Å². The maximum absolute atomic E-state index is 9.15. The van der Waals surface area contributed by atoms with Crippen molar-refractivity contribution < 1.29 is 5.11 Å². The summed E-state index contributed by atoms with van der Waals surface area (Å²) in [7, 11) is 2.12. The molecule has 0 unspecified atom stereocenters. The highest BCUT2D eigenvalue weighted by Crippen LogP contribution is 2.09. The summed E-state index contributed by atoms with van der Waals surface area (Å²) in [5.74, 6) is 0.230. The first-order chi connectivity index (χ1) is 8.24. The second-order valence-corrected chi connectivity index (χ2v) is 4.79. The molecular weight excluding hydrogens is 214 g/mol. The van der Waals surface area contributed by atoms with Crippen molar-refractivity contribution in [1.82, 2.24) is 14.8 Å². The summed E-state index contributed by atoms with van der Waals surface area (Å²) in [4.78, 5) is 8.98. The average molecular weight is 235 g/mol. The van der Waals surface area contributed by atoms with Crippen LogP contribution in [0.5, 0.6) is 5.75 Å². The van der Waals surface area contributed by atoms with Crippen molar-refractivity contribution in [3.05, 3.63) is 24.0 Å². The Morgan fingerprint density at radius 1 is 1.35 bits per heavy atom. The normalized spacial score (nSPS) is 16.8. The molecule has 0 aliphatic carbocycles. The van der Waals surface area contributed by atoms with E-state index < -0.39 is 0 Å². The third-order valence-corrected chi connectivity index (χ3v) is 3.24. The molecule has 2 rings (SSSR count). The lowest BCUT2D eigenvalue weighted by molar-refractivity contribution is 0.250. The predicted molar refractivity (Wildman–Crippen MR) is 67.9 cm³/mol. The molecule has 1 aliphatic rings. The highest BCUT2D eigenvalue weighted by atomic mass is 16.3. The van der Waals surface area contributed by atoms with Crippen molar-refractivity contribution in [3.63, 3.8) is 0 Å². The van der Waals surface area contributed by atoms with E-state index in [1.165, 1.54) is 32.1 Å². The second-order valence-electron chi connectivity index (χ2n) is 4.79. The summed E-state index contributed by atoms with van der Waals surface area (Å²) in [5.41, 5.74) is 1.01. The van der Waals surface area contributed by atoms with Crippen LogP contribution >= 0.6 is 0 Å². The molecule has 0 saturated carbocycles. The SMILES string of the molecule is CN(CCN1CCCC1)Cc1ccc(O)cn1. The summed E-state index contributed by atoms with van der Waals surface area (Å²) in [6, 6.07) is 3.57. The number of pyridine rings is 1. The van der Waals surface area contributed by atoms with Crippen molar-refractivity contribution >= 4 is 0 Å². The van der Waals surface area contributed by atoms with E-state index in [0.29, 0.717) is 0 Å². The first-order valence-corrected chi connectivity index (χ1v) is 6.29. The smallest absolute Gasteiger partial charge is 0.133 e. The van der Waals surface area contributed by atoms with E-state index >= 15 is 0 Å². The molecule has 4 nitrogen and oxygen atoms in total. The highest BCUT2D eigenvalue weighted by molar-refractivity contribution is 5.17. The molecule has 1 saturated heterocycles. The van der Waals surface area contributed by atoms with E-state index in [4.69, 9.17) is 5.11 Å². The zero-order valence-electron chi connectivity index (χ0n) is 10.5. The molecule has 1 N–H and O–H groups in total. The monoisotopic (exact) mass is 235 g/mol. The molecule has 2 heterocycles. The summed E-state index contributed by atoms with van der Waals surface area (Å²) < 4.78 is 0. The third-order valence-electron chi connectivity index (χ3n) is 3.24. The van der Waals surface area contributed by atoms with Crippen LogP contribution < -0.4 is 0 Å². The largest absolute Gasteiger partial charge is 0.506 e. The Kier molecular flexibility index (Phi) is 4.34. The van der Waals surface area contributed by atoms with Gasteiger partial charge in [0.15, 0.2) is 0 Å². The Hall–Kier alpha value is -1.13. The second kappa shape index (κ2) is 5.98. The van der Waals surface area contributed by atoms with Gasteiger partial charge in [-0.25, -0.2) is 0 Å². The Balaban J connectivity index is 1.72. The van der Waals surface area contributed by atoms with Crippen molar-refractivity contribution in [3.8, 4) is 5.75 Å². The van der Waals surface area contributed by atoms with E-state index in [1.54, 1.807) is 6.07 Å². The van der Waals surface area contributed by atoms with Crippen molar-refractivity contribution in [2.75, 3.05) is 33.2 Å². The molecule has 0 amide bonds. The Bertz CT molecular complexity index is 333.